The lowest BCUT2D eigenvalue weighted by atomic mass is 10.1. The second-order valence-electron chi connectivity index (χ2n) is 5.11. The van der Waals surface area contributed by atoms with Crippen molar-refractivity contribution >= 4 is 12.0 Å². The van der Waals surface area contributed by atoms with Gasteiger partial charge in [0.25, 0.3) is 0 Å². The molecule has 0 aromatic heterocycles. The third-order valence-electron chi connectivity index (χ3n) is 3.60. The van der Waals surface area contributed by atoms with E-state index in [1.54, 1.807) is 4.90 Å². The van der Waals surface area contributed by atoms with Crippen LogP contribution in [-0.4, -0.2) is 54.9 Å². The molecular weight excluding hydrogens is 236 g/mol. The molecule has 0 aliphatic carbocycles. The van der Waals surface area contributed by atoms with E-state index in [2.05, 4.69) is 5.32 Å². The van der Waals surface area contributed by atoms with Crippen LogP contribution in [0, 0.1) is 11.8 Å². The first kappa shape index (κ1) is 13.1. The highest BCUT2D eigenvalue weighted by molar-refractivity contribution is 5.74. The van der Waals surface area contributed by atoms with E-state index in [0.29, 0.717) is 25.6 Å². The number of carboxylic acids is 1. The zero-order valence-corrected chi connectivity index (χ0v) is 10.4. The van der Waals surface area contributed by atoms with Gasteiger partial charge >= 0.3 is 12.0 Å². The number of hydrogen-bond acceptors (Lipinski definition) is 3. The quantitative estimate of drug-likeness (QED) is 0.769. The molecule has 2 atom stereocenters. The molecule has 2 saturated heterocycles. The topological polar surface area (TPSA) is 78.9 Å². The summed E-state index contributed by atoms with van der Waals surface area (Å²) in [6.07, 6.45) is 1.94. The summed E-state index contributed by atoms with van der Waals surface area (Å²) >= 11 is 0. The Kier molecular flexibility index (Phi) is 4.41. The van der Waals surface area contributed by atoms with Crippen molar-refractivity contribution in [2.45, 2.75) is 19.3 Å². The van der Waals surface area contributed by atoms with Crippen molar-refractivity contribution in [3.63, 3.8) is 0 Å². The maximum absolute atomic E-state index is 11.9. The lowest BCUT2D eigenvalue weighted by molar-refractivity contribution is -0.138. The predicted octanol–water partition coefficient (Wildman–Crippen LogP) is 0.529. The molecule has 6 nitrogen and oxygen atoms in total. The largest absolute Gasteiger partial charge is 0.481 e. The number of aliphatic carboxylic acids is 1. The van der Waals surface area contributed by atoms with Gasteiger partial charge < -0.3 is 20.1 Å². The molecule has 2 heterocycles. The average Bonchev–Trinajstić information content (AvgIpc) is 2.95. The highest BCUT2D eigenvalue weighted by Crippen LogP contribution is 2.19. The first-order valence-electron chi connectivity index (χ1n) is 6.47. The Morgan fingerprint density at radius 1 is 1.33 bits per heavy atom. The first-order valence-corrected chi connectivity index (χ1v) is 6.47. The number of carboxylic acid groups (broad SMARTS) is 1. The maximum Gasteiger partial charge on any atom is 0.317 e. The smallest absolute Gasteiger partial charge is 0.317 e. The van der Waals surface area contributed by atoms with Crippen molar-refractivity contribution in [2.75, 3.05) is 32.8 Å². The number of carbonyl (C=O) groups is 2. The number of amides is 2. The van der Waals surface area contributed by atoms with Crippen molar-refractivity contribution in [2.24, 2.45) is 11.8 Å². The van der Waals surface area contributed by atoms with Gasteiger partial charge in [0.05, 0.1) is 6.61 Å². The summed E-state index contributed by atoms with van der Waals surface area (Å²) < 4.78 is 5.25. The fraction of sp³-hybridized carbons (Fsp3) is 0.833. The molecule has 0 saturated carbocycles. The van der Waals surface area contributed by atoms with Crippen molar-refractivity contribution in [3.05, 3.63) is 0 Å². The first-order chi connectivity index (χ1) is 8.65. The van der Waals surface area contributed by atoms with Gasteiger partial charge in [0, 0.05) is 38.6 Å². The molecule has 2 rings (SSSR count). The highest BCUT2D eigenvalue weighted by atomic mass is 16.5. The van der Waals surface area contributed by atoms with Gasteiger partial charge in [0.1, 0.15) is 0 Å². The molecule has 2 amide bonds. The van der Waals surface area contributed by atoms with E-state index < -0.39 is 5.97 Å². The van der Waals surface area contributed by atoms with Crippen LogP contribution >= 0.6 is 0 Å². The van der Waals surface area contributed by atoms with Crippen LogP contribution in [0.1, 0.15) is 19.3 Å². The van der Waals surface area contributed by atoms with E-state index in [0.717, 1.165) is 26.1 Å². The summed E-state index contributed by atoms with van der Waals surface area (Å²) in [6.45, 7) is 3.37. The number of nitrogens with zero attached hydrogens (tertiary/aromatic N) is 1. The molecule has 0 aromatic rings. The standard InChI is InChI=1S/C12H20N2O4/c15-11(16)5-9-1-3-14(7-9)12(17)13-6-10-2-4-18-8-10/h9-10H,1-8H2,(H,13,17)(H,15,16). The van der Waals surface area contributed by atoms with Crippen LogP contribution in [0.15, 0.2) is 0 Å². The molecule has 2 N–H and O–H groups in total. The van der Waals surface area contributed by atoms with Crippen molar-refractivity contribution in [1.82, 2.24) is 10.2 Å². The molecule has 2 aliphatic rings. The van der Waals surface area contributed by atoms with Gasteiger partial charge in [-0.05, 0) is 18.8 Å². The number of nitrogens with one attached hydrogen (secondary N) is 1. The predicted molar refractivity (Wildman–Crippen MR) is 64.3 cm³/mol. The second kappa shape index (κ2) is 6.04. The van der Waals surface area contributed by atoms with Crippen molar-refractivity contribution in [1.29, 1.82) is 0 Å². The molecule has 0 bridgehead atoms. The number of ether oxygens (including phenoxy) is 1. The van der Waals surface area contributed by atoms with Gasteiger partial charge in [-0.2, -0.15) is 0 Å². The highest BCUT2D eigenvalue weighted by Gasteiger charge is 2.28. The summed E-state index contributed by atoms with van der Waals surface area (Å²) in [5, 5.41) is 11.6. The molecule has 0 spiro atoms. The Labute approximate surface area is 106 Å². The van der Waals surface area contributed by atoms with E-state index in [-0.39, 0.29) is 18.4 Å². The molecule has 0 radical (unpaired) electrons. The van der Waals surface area contributed by atoms with Crippen molar-refractivity contribution < 1.29 is 19.4 Å². The molecule has 2 fully saturated rings. The zero-order chi connectivity index (χ0) is 13.0. The summed E-state index contributed by atoms with van der Waals surface area (Å²) in [4.78, 5) is 24.2. The van der Waals surface area contributed by atoms with Gasteiger partial charge in [-0.25, -0.2) is 4.79 Å². The van der Waals surface area contributed by atoms with Crippen molar-refractivity contribution in [3.8, 4) is 0 Å². The molecule has 0 aromatic carbocycles. The maximum atomic E-state index is 11.9. The number of carbonyl (C=O) groups excluding carboxylic acids is 1. The third-order valence-corrected chi connectivity index (χ3v) is 3.60. The van der Waals surface area contributed by atoms with Gasteiger partial charge in [-0.15, -0.1) is 0 Å². The summed E-state index contributed by atoms with van der Waals surface area (Å²) in [7, 11) is 0. The molecular formula is C12H20N2O4. The third kappa shape index (κ3) is 3.60. The Balaban J connectivity index is 1.68. The van der Waals surface area contributed by atoms with E-state index in [1.807, 2.05) is 0 Å². The van der Waals surface area contributed by atoms with Crippen LogP contribution in [0.4, 0.5) is 4.79 Å². The van der Waals surface area contributed by atoms with Crippen LogP contribution in [0.3, 0.4) is 0 Å². The van der Waals surface area contributed by atoms with Crippen LogP contribution < -0.4 is 5.32 Å². The van der Waals surface area contributed by atoms with Gasteiger partial charge in [-0.3, -0.25) is 4.79 Å². The number of likely N-dealkylation sites (tertiary alicyclic amines) is 1. The van der Waals surface area contributed by atoms with Gasteiger partial charge in [0.15, 0.2) is 0 Å². The fourth-order valence-electron chi connectivity index (χ4n) is 2.52. The Hall–Kier alpha value is -1.30. The lowest BCUT2D eigenvalue weighted by Crippen LogP contribution is -2.40. The SMILES string of the molecule is O=C(O)CC1CCN(C(=O)NCC2CCOC2)C1. The zero-order valence-electron chi connectivity index (χ0n) is 10.4. The fourth-order valence-corrected chi connectivity index (χ4v) is 2.52. The van der Waals surface area contributed by atoms with E-state index in [4.69, 9.17) is 9.84 Å². The van der Waals surface area contributed by atoms with Gasteiger partial charge in [0.2, 0.25) is 0 Å². The number of hydrogen-bond donors (Lipinski definition) is 2. The normalized spacial score (nSPS) is 27.4. The van der Waals surface area contributed by atoms with Crippen LogP contribution in [-0.2, 0) is 9.53 Å². The van der Waals surface area contributed by atoms with Crippen LogP contribution in [0.5, 0.6) is 0 Å². The minimum atomic E-state index is -0.787. The molecule has 2 unspecified atom stereocenters. The second-order valence-corrected chi connectivity index (χ2v) is 5.11. The molecule has 2 aliphatic heterocycles. The van der Waals surface area contributed by atoms with Crippen LogP contribution in [0.25, 0.3) is 0 Å². The molecule has 6 heteroatoms. The summed E-state index contributed by atoms with van der Waals surface area (Å²) in [5.41, 5.74) is 0. The Morgan fingerprint density at radius 2 is 2.17 bits per heavy atom. The lowest BCUT2D eigenvalue weighted by Gasteiger charge is -2.18. The summed E-state index contributed by atoms with van der Waals surface area (Å²) in [6, 6.07) is -0.0743. The van der Waals surface area contributed by atoms with E-state index >= 15 is 0 Å². The minimum absolute atomic E-state index is 0.0743. The number of rotatable bonds is 4. The van der Waals surface area contributed by atoms with E-state index in [9.17, 15) is 9.59 Å². The molecule has 18 heavy (non-hydrogen) atoms. The molecule has 102 valence electrons. The summed E-state index contributed by atoms with van der Waals surface area (Å²) in [5.74, 6) is -0.264. The van der Waals surface area contributed by atoms with E-state index in [1.165, 1.54) is 0 Å². The Morgan fingerprint density at radius 3 is 2.83 bits per heavy atom. The average molecular weight is 256 g/mol. The van der Waals surface area contributed by atoms with Gasteiger partial charge in [-0.1, -0.05) is 0 Å². The van der Waals surface area contributed by atoms with Crippen LogP contribution in [0.2, 0.25) is 0 Å². The monoisotopic (exact) mass is 256 g/mol. The minimum Gasteiger partial charge on any atom is -0.481 e. The number of urea groups is 1. The Bertz CT molecular complexity index is 315.